The molecule has 0 radical (unpaired) electrons. The molecule has 0 aromatic rings. The molecule has 2 aliphatic heterocycles. The van der Waals surface area contributed by atoms with Crippen molar-refractivity contribution in [3.05, 3.63) is 0 Å². The molecule has 2 rings (SSSR count). The summed E-state index contributed by atoms with van der Waals surface area (Å²) in [5.41, 5.74) is 0. The van der Waals surface area contributed by atoms with E-state index in [-0.39, 0.29) is 0 Å². The molecule has 0 N–H and O–H groups in total. The van der Waals surface area contributed by atoms with Crippen LogP contribution in [0.2, 0.25) is 0 Å². The van der Waals surface area contributed by atoms with Crippen molar-refractivity contribution in [3.63, 3.8) is 0 Å². The fourth-order valence-corrected chi connectivity index (χ4v) is 4.11. The Balaban J connectivity index is 1.56. The van der Waals surface area contributed by atoms with Gasteiger partial charge < -0.3 is 9.80 Å². The Bertz CT molecular complexity index is 290. The first kappa shape index (κ1) is 16.2. The van der Waals surface area contributed by atoms with Crippen molar-refractivity contribution >= 4 is 17.7 Å². The van der Waals surface area contributed by atoms with E-state index in [1.54, 1.807) is 0 Å². The fraction of sp³-hybridized carbons (Fsp3) is 0.938. The van der Waals surface area contributed by atoms with Gasteiger partial charge in [0.25, 0.3) is 0 Å². The molecule has 0 aliphatic carbocycles. The lowest BCUT2D eigenvalue weighted by Gasteiger charge is -2.31. The number of hydrogen-bond donors (Lipinski definition) is 0. The minimum atomic E-state index is 0.359. The van der Waals surface area contributed by atoms with E-state index in [4.69, 9.17) is 0 Å². The normalized spacial score (nSPS) is 25.4. The van der Waals surface area contributed by atoms with Gasteiger partial charge in [-0.05, 0) is 44.7 Å². The number of piperidine rings is 1. The first-order valence-corrected chi connectivity index (χ1v) is 9.49. The van der Waals surface area contributed by atoms with Gasteiger partial charge in [-0.25, -0.2) is 0 Å². The Hall–Kier alpha value is -0.220. The van der Waals surface area contributed by atoms with Crippen LogP contribution < -0.4 is 0 Å². The summed E-state index contributed by atoms with van der Waals surface area (Å²) in [5, 5.41) is 0. The highest BCUT2D eigenvalue weighted by atomic mass is 32.2. The minimum Gasteiger partial charge on any atom is -0.342 e. The molecule has 2 aliphatic rings. The third-order valence-electron chi connectivity index (χ3n) is 4.49. The third-order valence-corrected chi connectivity index (χ3v) is 5.41. The fourth-order valence-electron chi connectivity index (χ4n) is 3.22. The highest BCUT2D eigenvalue weighted by molar-refractivity contribution is 7.99. The summed E-state index contributed by atoms with van der Waals surface area (Å²) in [7, 11) is 0. The highest BCUT2D eigenvalue weighted by Crippen LogP contribution is 2.17. The molecule has 0 saturated carbocycles. The van der Waals surface area contributed by atoms with Gasteiger partial charge in [-0.15, -0.1) is 0 Å². The van der Waals surface area contributed by atoms with Crippen LogP contribution in [-0.4, -0.2) is 59.9 Å². The molecule has 0 spiro atoms. The number of hydrogen-bond acceptors (Lipinski definition) is 3. The molecule has 20 heavy (non-hydrogen) atoms. The van der Waals surface area contributed by atoms with Crippen molar-refractivity contribution < 1.29 is 4.79 Å². The molecule has 1 amide bonds. The van der Waals surface area contributed by atoms with Crippen LogP contribution in [0.25, 0.3) is 0 Å². The molecule has 0 aromatic carbocycles. The quantitative estimate of drug-likeness (QED) is 0.729. The van der Waals surface area contributed by atoms with Gasteiger partial charge in [0, 0.05) is 25.4 Å². The van der Waals surface area contributed by atoms with E-state index in [0.717, 1.165) is 25.4 Å². The van der Waals surface area contributed by atoms with Crippen LogP contribution in [0.5, 0.6) is 0 Å². The van der Waals surface area contributed by atoms with Crippen molar-refractivity contribution in [2.75, 3.05) is 44.2 Å². The summed E-state index contributed by atoms with van der Waals surface area (Å²) in [4.78, 5) is 16.8. The summed E-state index contributed by atoms with van der Waals surface area (Å²) in [6.45, 7) is 7.90. The predicted molar refractivity (Wildman–Crippen MR) is 87.2 cm³/mol. The van der Waals surface area contributed by atoms with Crippen LogP contribution in [0, 0.1) is 5.92 Å². The van der Waals surface area contributed by atoms with E-state index in [2.05, 4.69) is 16.7 Å². The van der Waals surface area contributed by atoms with Gasteiger partial charge in [0.15, 0.2) is 0 Å². The number of nitrogens with zero attached hydrogens (tertiary/aromatic N) is 2. The van der Waals surface area contributed by atoms with Gasteiger partial charge in [0.05, 0.1) is 5.75 Å². The molecule has 0 aromatic heterocycles. The van der Waals surface area contributed by atoms with Gasteiger partial charge in [0.1, 0.15) is 0 Å². The van der Waals surface area contributed by atoms with Crippen LogP contribution in [0.4, 0.5) is 0 Å². The van der Waals surface area contributed by atoms with E-state index in [1.165, 1.54) is 51.6 Å². The summed E-state index contributed by atoms with van der Waals surface area (Å²) in [6.07, 6.45) is 7.98. The van der Waals surface area contributed by atoms with Crippen molar-refractivity contribution in [2.24, 2.45) is 5.92 Å². The maximum atomic E-state index is 12.1. The lowest BCUT2D eigenvalue weighted by atomic mass is 10.0. The van der Waals surface area contributed by atoms with Crippen LogP contribution in [-0.2, 0) is 4.79 Å². The molecular formula is C16H30N2OS. The zero-order valence-corrected chi connectivity index (χ0v) is 13.8. The van der Waals surface area contributed by atoms with E-state index >= 15 is 0 Å². The summed E-state index contributed by atoms with van der Waals surface area (Å²) < 4.78 is 0. The average molecular weight is 298 g/mol. The summed E-state index contributed by atoms with van der Waals surface area (Å²) in [6, 6.07) is 0. The topological polar surface area (TPSA) is 23.6 Å². The van der Waals surface area contributed by atoms with E-state index in [1.807, 2.05) is 11.8 Å². The molecule has 4 heteroatoms. The third kappa shape index (κ3) is 5.65. The van der Waals surface area contributed by atoms with Crippen LogP contribution in [0.3, 0.4) is 0 Å². The Morgan fingerprint density at radius 3 is 2.55 bits per heavy atom. The van der Waals surface area contributed by atoms with E-state index in [0.29, 0.717) is 17.6 Å². The average Bonchev–Trinajstić information content (AvgIpc) is 2.72. The first-order chi connectivity index (χ1) is 9.75. The van der Waals surface area contributed by atoms with Gasteiger partial charge in [-0.3, -0.25) is 4.79 Å². The minimum absolute atomic E-state index is 0.359. The number of carbonyl (C=O) groups excluding carboxylic acids is 1. The summed E-state index contributed by atoms with van der Waals surface area (Å²) >= 11 is 1.82. The molecule has 116 valence electrons. The van der Waals surface area contributed by atoms with Crippen molar-refractivity contribution in [1.82, 2.24) is 9.80 Å². The molecular weight excluding hydrogens is 268 g/mol. The number of rotatable bonds is 5. The maximum absolute atomic E-state index is 12.1. The monoisotopic (exact) mass is 298 g/mol. The predicted octanol–water partition coefficient (Wildman–Crippen LogP) is 2.85. The lowest BCUT2D eigenvalue weighted by Crippen LogP contribution is -2.40. The zero-order chi connectivity index (χ0) is 14.2. The molecule has 1 unspecified atom stereocenters. The number of carbonyl (C=O) groups is 1. The van der Waals surface area contributed by atoms with Gasteiger partial charge in [0.2, 0.25) is 5.91 Å². The zero-order valence-electron chi connectivity index (χ0n) is 13.0. The lowest BCUT2D eigenvalue weighted by molar-refractivity contribution is -0.130. The molecule has 2 heterocycles. The van der Waals surface area contributed by atoms with Gasteiger partial charge >= 0.3 is 0 Å². The Labute approximate surface area is 128 Å². The Morgan fingerprint density at radius 1 is 1.10 bits per heavy atom. The summed E-state index contributed by atoms with van der Waals surface area (Å²) in [5.74, 6) is 2.84. The van der Waals surface area contributed by atoms with Crippen molar-refractivity contribution in [1.29, 1.82) is 0 Å². The Morgan fingerprint density at radius 2 is 1.85 bits per heavy atom. The van der Waals surface area contributed by atoms with Gasteiger partial charge in [-0.1, -0.05) is 19.8 Å². The number of amides is 1. The van der Waals surface area contributed by atoms with Crippen molar-refractivity contribution in [3.8, 4) is 0 Å². The molecule has 2 saturated heterocycles. The SMILES string of the molecule is CC1CCCN(C(=O)CSCCN2CCCCCC2)C1. The van der Waals surface area contributed by atoms with E-state index in [9.17, 15) is 4.79 Å². The highest BCUT2D eigenvalue weighted by Gasteiger charge is 2.20. The van der Waals surface area contributed by atoms with Crippen LogP contribution in [0.15, 0.2) is 0 Å². The Kier molecular flexibility index (Phi) is 7.22. The maximum Gasteiger partial charge on any atom is 0.232 e. The molecule has 2 fully saturated rings. The molecule has 0 bridgehead atoms. The molecule has 3 nitrogen and oxygen atoms in total. The van der Waals surface area contributed by atoms with Crippen LogP contribution in [0.1, 0.15) is 45.4 Å². The molecule has 1 atom stereocenters. The second-order valence-electron chi connectivity index (χ2n) is 6.40. The van der Waals surface area contributed by atoms with E-state index < -0.39 is 0 Å². The van der Waals surface area contributed by atoms with Crippen LogP contribution >= 0.6 is 11.8 Å². The van der Waals surface area contributed by atoms with Gasteiger partial charge in [-0.2, -0.15) is 11.8 Å². The second-order valence-corrected chi connectivity index (χ2v) is 7.50. The second kappa shape index (κ2) is 8.93. The largest absolute Gasteiger partial charge is 0.342 e. The van der Waals surface area contributed by atoms with Crippen molar-refractivity contribution in [2.45, 2.75) is 45.4 Å². The smallest absolute Gasteiger partial charge is 0.232 e. The standard InChI is InChI=1S/C16H30N2OS/c1-15-7-6-10-18(13-15)16(19)14-20-12-11-17-8-4-2-3-5-9-17/h15H,2-14H2,1H3. The number of thioether (sulfide) groups is 1. The first-order valence-electron chi connectivity index (χ1n) is 8.33. The number of likely N-dealkylation sites (tertiary alicyclic amines) is 2.